The van der Waals surface area contributed by atoms with E-state index in [0.717, 1.165) is 0 Å². The van der Waals surface area contributed by atoms with Gasteiger partial charge in [0.1, 0.15) is 5.70 Å². The first-order valence-corrected chi connectivity index (χ1v) is 8.73. The topological polar surface area (TPSA) is 82.1 Å². The molecule has 0 bridgehead atoms. The molecule has 1 heterocycles. The van der Waals surface area contributed by atoms with E-state index in [9.17, 15) is 14.4 Å². The Bertz CT molecular complexity index is 885. The third-order valence-electron chi connectivity index (χ3n) is 3.67. The third-order valence-corrected chi connectivity index (χ3v) is 3.99. The average Bonchev–Trinajstić information content (AvgIpc) is 2.89. The molecule has 0 atom stereocenters. The normalized spacial score (nSPS) is 13.4. The van der Waals surface area contributed by atoms with Crippen LogP contribution in [0, 0.1) is 0 Å². The Morgan fingerprint density at radius 2 is 1.68 bits per heavy atom. The number of hydrogen-bond donors (Lipinski definition) is 0. The number of anilines is 1. The van der Waals surface area contributed by atoms with Crippen LogP contribution in [0.2, 0.25) is 5.02 Å². The zero-order valence-corrected chi connectivity index (χ0v) is 16.6. The monoisotopic (exact) mass is 405 g/mol. The highest BCUT2D eigenvalue weighted by molar-refractivity contribution is 6.33. The van der Waals surface area contributed by atoms with Crippen molar-refractivity contribution in [2.24, 2.45) is 0 Å². The molecule has 148 valence electrons. The van der Waals surface area contributed by atoms with Crippen LogP contribution < -0.4 is 4.90 Å². The van der Waals surface area contributed by atoms with Gasteiger partial charge in [-0.15, -0.1) is 0 Å². The maximum atomic E-state index is 12.5. The quantitative estimate of drug-likeness (QED) is 0.548. The highest BCUT2D eigenvalue weighted by atomic mass is 35.5. The molecule has 28 heavy (non-hydrogen) atoms. The zero-order valence-electron chi connectivity index (χ0n) is 15.9. The number of carbonyl (C=O) groups excluding carboxylic acids is 3. The lowest BCUT2D eigenvalue weighted by molar-refractivity contribution is -0.139. The molecule has 0 amide bonds. The number of carbonyl (C=O) groups is 3. The van der Waals surface area contributed by atoms with E-state index >= 15 is 0 Å². The number of methoxy groups -OCH3 is 2. The van der Waals surface area contributed by atoms with Crippen LogP contribution in [0.3, 0.4) is 0 Å². The molecule has 0 N–H and O–H groups in total. The highest BCUT2D eigenvalue weighted by Crippen LogP contribution is 2.33. The second kappa shape index (κ2) is 9.23. The van der Waals surface area contributed by atoms with Crippen molar-refractivity contribution in [1.82, 2.24) is 0 Å². The van der Waals surface area contributed by atoms with E-state index in [1.165, 1.54) is 49.6 Å². The Labute approximate surface area is 167 Å². The first-order valence-electron chi connectivity index (χ1n) is 8.35. The van der Waals surface area contributed by atoms with Gasteiger partial charge in [0.25, 0.3) is 0 Å². The van der Waals surface area contributed by atoms with Crippen molar-refractivity contribution in [2.75, 3.05) is 19.1 Å². The number of allylic oxidation sites excluding steroid dienone is 2. The Hall–Kier alpha value is -3.06. The molecular formula is C20H20ClNO6. The summed E-state index contributed by atoms with van der Waals surface area (Å²) in [6, 6.07) is 4.49. The minimum absolute atomic E-state index is 0.0226. The van der Waals surface area contributed by atoms with Crippen LogP contribution in [0.25, 0.3) is 0 Å². The van der Waals surface area contributed by atoms with Gasteiger partial charge in [-0.05, 0) is 44.2 Å². The molecule has 0 saturated heterocycles. The maximum absolute atomic E-state index is 12.5. The summed E-state index contributed by atoms with van der Waals surface area (Å²) in [4.78, 5) is 38.3. The minimum Gasteiger partial charge on any atom is -0.465 e. The molecule has 0 saturated carbocycles. The Balaban J connectivity index is 2.64. The van der Waals surface area contributed by atoms with Gasteiger partial charge in [-0.3, -0.25) is 0 Å². The van der Waals surface area contributed by atoms with Crippen molar-refractivity contribution >= 4 is 35.2 Å². The molecule has 0 aliphatic carbocycles. The predicted octanol–water partition coefficient (Wildman–Crippen LogP) is 3.40. The van der Waals surface area contributed by atoms with Gasteiger partial charge in [0.2, 0.25) is 0 Å². The molecule has 2 rings (SSSR count). The fourth-order valence-electron chi connectivity index (χ4n) is 2.46. The summed E-state index contributed by atoms with van der Waals surface area (Å²) in [6.07, 6.45) is 5.83. The number of nitrogens with zero attached hydrogens (tertiary/aromatic N) is 1. The van der Waals surface area contributed by atoms with Crippen molar-refractivity contribution in [3.8, 4) is 0 Å². The fourth-order valence-corrected chi connectivity index (χ4v) is 2.67. The van der Waals surface area contributed by atoms with Gasteiger partial charge in [0.05, 0.1) is 42.2 Å². The summed E-state index contributed by atoms with van der Waals surface area (Å²) in [5, 5.41) is 0.248. The number of halogens is 1. The molecule has 0 spiro atoms. The molecule has 7 nitrogen and oxygen atoms in total. The van der Waals surface area contributed by atoms with Crippen molar-refractivity contribution in [2.45, 2.75) is 20.0 Å². The average molecular weight is 406 g/mol. The van der Waals surface area contributed by atoms with Crippen LogP contribution in [-0.2, 0) is 23.8 Å². The van der Waals surface area contributed by atoms with E-state index in [4.69, 9.17) is 25.8 Å². The molecule has 1 aliphatic heterocycles. The van der Waals surface area contributed by atoms with Crippen LogP contribution in [0.1, 0.15) is 24.2 Å². The van der Waals surface area contributed by atoms with Gasteiger partial charge < -0.3 is 19.1 Å². The van der Waals surface area contributed by atoms with Gasteiger partial charge in [-0.25, -0.2) is 14.4 Å². The molecule has 1 aromatic carbocycles. The second-order valence-electron chi connectivity index (χ2n) is 5.94. The number of ether oxygens (including phenoxy) is 3. The summed E-state index contributed by atoms with van der Waals surface area (Å²) >= 11 is 6.33. The smallest absolute Gasteiger partial charge is 0.355 e. The zero-order chi connectivity index (χ0) is 20.8. The molecule has 1 aliphatic rings. The number of esters is 3. The van der Waals surface area contributed by atoms with Crippen LogP contribution in [0.4, 0.5) is 5.69 Å². The van der Waals surface area contributed by atoms with Crippen molar-refractivity contribution in [1.29, 1.82) is 0 Å². The standard InChI is InChI=1S/C20H20ClNO6/c1-12(2)28-18(23)13-8-9-15(21)16(11-13)22-10-6-5-7-14(19(24)26-3)17(22)20(25)27-4/h5-12H,1-4H3. The van der Waals surface area contributed by atoms with E-state index in [-0.39, 0.29) is 28.0 Å². The molecule has 0 unspecified atom stereocenters. The highest BCUT2D eigenvalue weighted by Gasteiger charge is 2.29. The molecule has 0 aromatic heterocycles. The minimum atomic E-state index is -0.775. The summed E-state index contributed by atoms with van der Waals surface area (Å²) in [5.74, 6) is -2.04. The molecule has 0 radical (unpaired) electrons. The molecule has 8 heteroatoms. The number of benzene rings is 1. The van der Waals surface area contributed by atoms with E-state index in [1.807, 2.05) is 0 Å². The second-order valence-corrected chi connectivity index (χ2v) is 6.34. The van der Waals surface area contributed by atoms with E-state index in [1.54, 1.807) is 26.0 Å². The maximum Gasteiger partial charge on any atom is 0.355 e. The summed E-state index contributed by atoms with van der Waals surface area (Å²) in [6.45, 7) is 3.47. The summed E-state index contributed by atoms with van der Waals surface area (Å²) in [7, 11) is 2.40. The lowest BCUT2D eigenvalue weighted by atomic mass is 10.1. The van der Waals surface area contributed by atoms with Crippen molar-refractivity contribution in [3.05, 3.63) is 64.5 Å². The lowest BCUT2D eigenvalue weighted by Crippen LogP contribution is -2.27. The largest absolute Gasteiger partial charge is 0.465 e. The van der Waals surface area contributed by atoms with Gasteiger partial charge in [0, 0.05) is 6.20 Å². The van der Waals surface area contributed by atoms with Crippen LogP contribution in [0.5, 0.6) is 0 Å². The fraction of sp³-hybridized carbons (Fsp3) is 0.250. The Kier molecular flexibility index (Phi) is 7.00. The molecule has 1 aromatic rings. The summed E-state index contributed by atoms with van der Waals surface area (Å²) in [5.41, 5.74) is 0.408. The Morgan fingerprint density at radius 3 is 2.29 bits per heavy atom. The SMILES string of the molecule is COC(=O)C1=C(C(=O)OC)N(c2cc(C(=O)OC(C)C)ccc2Cl)C=CC=C1. The number of rotatable bonds is 5. The third kappa shape index (κ3) is 4.61. The molecular weight excluding hydrogens is 386 g/mol. The lowest BCUT2D eigenvalue weighted by Gasteiger charge is -2.24. The first-order chi connectivity index (χ1) is 13.3. The first kappa shape index (κ1) is 21.2. The molecule has 0 fully saturated rings. The van der Waals surface area contributed by atoms with E-state index in [2.05, 4.69) is 0 Å². The summed E-state index contributed by atoms with van der Waals surface area (Å²) < 4.78 is 14.8. The van der Waals surface area contributed by atoms with Crippen LogP contribution in [0.15, 0.2) is 53.9 Å². The van der Waals surface area contributed by atoms with E-state index < -0.39 is 17.9 Å². The van der Waals surface area contributed by atoms with Crippen LogP contribution in [-0.4, -0.2) is 38.2 Å². The van der Waals surface area contributed by atoms with Crippen molar-refractivity contribution < 1.29 is 28.6 Å². The van der Waals surface area contributed by atoms with Crippen LogP contribution >= 0.6 is 11.6 Å². The van der Waals surface area contributed by atoms with Gasteiger partial charge in [-0.1, -0.05) is 17.7 Å². The number of hydrogen-bond acceptors (Lipinski definition) is 7. The van der Waals surface area contributed by atoms with Crippen molar-refractivity contribution in [3.63, 3.8) is 0 Å². The van der Waals surface area contributed by atoms with E-state index in [0.29, 0.717) is 5.69 Å². The van der Waals surface area contributed by atoms with Gasteiger partial charge in [-0.2, -0.15) is 0 Å². The van der Waals surface area contributed by atoms with Gasteiger partial charge in [0.15, 0.2) is 0 Å². The predicted molar refractivity (Wildman–Crippen MR) is 104 cm³/mol. The Morgan fingerprint density at radius 1 is 1.00 bits per heavy atom. The van der Waals surface area contributed by atoms with Gasteiger partial charge >= 0.3 is 17.9 Å².